The van der Waals surface area contributed by atoms with Crippen molar-refractivity contribution in [3.63, 3.8) is 0 Å². The minimum Gasteiger partial charge on any atom is -0.304 e. The monoisotopic (exact) mass is 896 g/mol. The first-order valence-corrected chi connectivity index (χ1v) is 23.2. The summed E-state index contributed by atoms with van der Waals surface area (Å²) in [7, 11) is 0. The van der Waals surface area contributed by atoms with Gasteiger partial charge in [-0.1, -0.05) is 97.1 Å². The fraction of sp³-hybridized carbons (Fsp3) is 0. The molecule has 0 saturated heterocycles. The van der Waals surface area contributed by atoms with Crippen molar-refractivity contribution in [1.29, 1.82) is 0 Å². The number of rotatable bonds is 6. The zero-order chi connectivity index (χ0) is 45.9. The van der Waals surface area contributed by atoms with Gasteiger partial charge in [0.25, 0.3) is 0 Å². The normalized spacial score (nSPS) is 12.0. The van der Waals surface area contributed by atoms with Crippen LogP contribution in [0.3, 0.4) is 0 Å². The minimum atomic E-state index is 0.706. The number of pyridine rings is 6. The lowest BCUT2D eigenvalue weighted by Crippen LogP contribution is -2.16. The van der Waals surface area contributed by atoms with Gasteiger partial charge in [0.15, 0.2) is 11.6 Å². The van der Waals surface area contributed by atoms with Crippen molar-refractivity contribution in [2.24, 2.45) is 0 Å². The van der Waals surface area contributed by atoms with Crippen molar-refractivity contribution >= 4 is 87.2 Å². The molecule has 0 unspecified atom stereocenters. The standard InChI is InChI=1S/C60H36N10/c1-2-16-47(38(11-1)37-21-27-61-28-22-37)56-57(67-48-17-7-3-12-39(48)43-23-29-62-33-52(43)67)59(69-50-19-9-5-14-41(50)45-25-31-64-35-54(45)69)66-60(70-51-20-10-6-15-42(51)46-26-32-65-36-55(46)70)58(56)68-49-18-8-4-13-40(49)44-24-30-63-34-53(44)68/h1-36H. The second-order valence-corrected chi connectivity index (χ2v) is 17.6. The third kappa shape index (κ3) is 5.32. The molecule has 0 atom stereocenters. The Balaban J connectivity index is 1.30. The Bertz CT molecular complexity index is 4150. The van der Waals surface area contributed by atoms with Crippen LogP contribution < -0.4 is 0 Å². The van der Waals surface area contributed by atoms with Gasteiger partial charge >= 0.3 is 0 Å². The van der Waals surface area contributed by atoms with E-state index >= 15 is 0 Å². The molecule has 15 rings (SSSR count). The molecule has 10 nitrogen and oxygen atoms in total. The lowest BCUT2D eigenvalue weighted by atomic mass is 9.92. The van der Waals surface area contributed by atoms with E-state index in [1.54, 1.807) is 0 Å². The van der Waals surface area contributed by atoms with Gasteiger partial charge in [-0.2, -0.15) is 0 Å². The molecule has 0 N–H and O–H groups in total. The summed E-state index contributed by atoms with van der Waals surface area (Å²) in [6, 6.07) is 55.8. The lowest BCUT2D eigenvalue weighted by Gasteiger charge is -2.27. The number of benzene rings is 5. The maximum atomic E-state index is 6.26. The lowest BCUT2D eigenvalue weighted by molar-refractivity contribution is 0.958. The third-order valence-electron chi connectivity index (χ3n) is 14.1. The van der Waals surface area contributed by atoms with Gasteiger partial charge in [-0.3, -0.25) is 34.1 Å². The largest absolute Gasteiger partial charge is 0.304 e. The molecule has 0 aliphatic heterocycles. The van der Waals surface area contributed by atoms with E-state index in [1.807, 2.05) is 62.0 Å². The molecule has 0 aliphatic carbocycles. The molecule has 10 heterocycles. The summed E-state index contributed by atoms with van der Waals surface area (Å²) < 4.78 is 9.41. The molecule has 0 amide bonds. The number of hydrogen-bond donors (Lipinski definition) is 0. The Morgan fingerprint density at radius 2 is 0.571 bits per heavy atom. The Labute approximate surface area is 398 Å². The van der Waals surface area contributed by atoms with Crippen LogP contribution in [0.4, 0.5) is 0 Å². The van der Waals surface area contributed by atoms with E-state index in [0.29, 0.717) is 11.6 Å². The second kappa shape index (κ2) is 14.9. The fourth-order valence-electron chi connectivity index (χ4n) is 11.2. The highest BCUT2D eigenvalue weighted by atomic mass is 15.2. The van der Waals surface area contributed by atoms with Crippen molar-refractivity contribution in [2.45, 2.75) is 0 Å². The number of aromatic nitrogens is 10. The van der Waals surface area contributed by atoms with Gasteiger partial charge in [-0.25, -0.2) is 4.98 Å². The Kier molecular flexibility index (Phi) is 8.13. The van der Waals surface area contributed by atoms with Crippen molar-refractivity contribution < 1.29 is 0 Å². The van der Waals surface area contributed by atoms with Crippen molar-refractivity contribution in [2.75, 3.05) is 0 Å². The molecule has 0 fully saturated rings. The van der Waals surface area contributed by atoms with Crippen LogP contribution in [0.2, 0.25) is 0 Å². The summed E-state index contributed by atoms with van der Waals surface area (Å²) in [5.74, 6) is 1.41. The average Bonchev–Trinajstić information content (AvgIpc) is 4.16. The molecular weight excluding hydrogens is 861 g/mol. The highest BCUT2D eigenvalue weighted by Gasteiger charge is 2.33. The van der Waals surface area contributed by atoms with E-state index in [-0.39, 0.29) is 0 Å². The van der Waals surface area contributed by atoms with Crippen LogP contribution in [0.25, 0.3) is 132 Å². The van der Waals surface area contributed by atoms with Gasteiger partial charge < -0.3 is 9.13 Å². The Hall–Kier alpha value is -9.80. The van der Waals surface area contributed by atoms with Crippen LogP contribution in [0.15, 0.2) is 220 Å². The van der Waals surface area contributed by atoms with Gasteiger partial charge in [0.05, 0.1) is 68.9 Å². The van der Waals surface area contributed by atoms with E-state index in [0.717, 1.165) is 121 Å². The van der Waals surface area contributed by atoms with E-state index in [1.165, 1.54) is 0 Å². The summed E-state index contributed by atoms with van der Waals surface area (Å²) in [5.41, 5.74) is 13.5. The topological polar surface area (TPSA) is 97.1 Å². The maximum absolute atomic E-state index is 6.26. The highest BCUT2D eigenvalue weighted by Crippen LogP contribution is 2.50. The quantitative estimate of drug-likeness (QED) is 0.165. The van der Waals surface area contributed by atoms with Crippen LogP contribution in [-0.4, -0.2) is 48.2 Å². The van der Waals surface area contributed by atoms with Crippen molar-refractivity contribution in [3.05, 3.63) is 220 Å². The van der Waals surface area contributed by atoms with Crippen LogP contribution >= 0.6 is 0 Å². The van der Waals surface area contributed by atoms with E-state index in [4.69, 9.17) is 24.9 Å². The SMILES string of the molecule is c1ccc(-c2c(-n3c4ccccc4c4ccncc43)c(-n3c4ccccc4c4ccncc43)nc(-n3c4ccccc4c4ccncc43)c2-n2c3ccccc3c3ccncc32)c(-c2ccncc2)c1. The molecule has 0 bridgehead atoms. The number of fused-ring (bicyclic) bond motifs is 12. The van der Waals surface area contributed by atoms with Crippen LogP contribution in [-0.2, 0) is 0 Å². The molecule has 326 valence electrons. The highest BCUT2D eigenvalue weighted by molar-refractivity contribution is 6.16. The summed E-state index contributed by atoms with van der Waals surface area (Å²) in [6.45, 7) is 0. The predicted octanol–water partition coefficient (Wildman–Crippen LogP) is 13.8. The van der Waals surface area contributed by atoms with E-state index in [2.05, 4.69) is 181 Å². The summed E-state index contributed by atoms with van der Waals surface area (Å²) in [4.78, 5) is 30.1. The summed E-state index contributed by atoms with van der Waals surface area (Å²) in [6.07, 6.45) is 19.2. The van der Waals surface area contributed by atoms with Crippen LogP contribution in [0, 0.1) is 0 Å². The maximum Gasteiger partial charge on any atom is 0.165 e. The van der Waals surface area contributed by atoms with Crippen LogP contribution in [0.1, 0.15) is 0 Å². The van der Waals surface area contributed by atoms with Crippen molar-refractivity contribution in [1.82, 2.24) is 48.2 Å². The Morgan fingerprint density at radius 1 is 0.257 bits per heavy atom. The van der Waals surface area contributed by atoms with E-state index < -0.39 is 0 Å². The van der Waals surface area contributed by atoms with Gasteiger partial charge in [0.1, 0.15) is 11.4 Å². The summed E-state index contributed by atoms with van der Waals surface area (Å²) in [5, 5.41) is 8.68. The molecule has 15 aromatic rings. The first kappa shape index (κ1) is 38.3. The number of nitrogens with zero attached hydrogens (tertiary/aromatic N) is 10. The minimum absolute atomic E-state index is 0.706. The average molecular weight is 897 g/mol. The molecule has 0 spiro atoms. The molecule has 0 radical (unpaired) electrons. The van der Waals surface area contributed by atoms with Crippen molar-refractivity contribution in [3.8, 4) is 45.3 Å². The van der Waals surface area contributed by atoms with Gasteiger partial charge in [-0.15, -0.1) is 0 Å². The van der Waals surface area contributed by atoms with Gasteiger partial charge in [0.2, 0.25) is 0 Å². The van der Waals surface area contributed by atoms with Crippen LogP contribution in [0.5, 0.6) is 0 Å². The molecule has 0 saturated carbocycles. The molecule has 10 heteroatoms. The van der Waals surface area contributed by atoms with Gasteiger partial charge in [0, 0.05) is 85.8 Å². The smallest absolute Gasteiger partial charge is 0.165 e. The molecular formula is C60H36N10. The zero-order valence-electron chi connectivity index (χ0n) is 37.3. The summed E-state index contributed by atoms with van der Waals surface area (Å²) >= 11 is 0. The zero-order valence-corrected chi connectivity index (χ0v) is 37.3. The Morgan fingerprint density at radius 3 is 0.986 bits per heavy atom. The first-order valence-electron chi connectivity index (χ1n) is 23.2. The molecule has 0 aliphatic rings. The number of para-hydroxylation sites is 4. The molecule has 10 aromatic heterocycles. The first-order chi connectivity index (χ1) is 34.8. The fourth-order valence-corrected chi connectivity index (χ4v) is 11.2. The predicted molar refractivity (Wildman–Crippen MR) is 281 cm³/mol. The van der Waals surface area contributed by atoms with Gasteiger partial charge in [-0.05, 0) is 77.4 Å². The molecule has 70 heavy (non-hydrogen) atoms. The second-order valence-electron chi connectivity index (χ2n) is 17.6. The molecule has 5 aromatic carbocycles. The number of hydrogen-bond acceptors (Lipinski definition) is 6. The van der Waals surface area contributed by atoms with E-state index in [9.17, 15) is 0 Å². The third-order valence-corrected chi connectivity index (χ3v) is 14.1.